The van der Waals surface area contributed by atoms with Crippen LogP contribution in [-0.4, -0.2) is 17.1 Å². The highest BCUT2D eigenvalue weighted by Crippen LogP contribution is 2.29. The second-order valence-electron chi connectivity index (χ2n) is 4.59. The predicted molar refractivity (Wildman–Crippen MR) is 79.0 cm³/mol. The fourth-order valence-corrected chi connectivity index (χ4v) is 2.23. The standard InChI is InChI=1S/C17H13NO2/c19-16-13-8-4-5-9-14(13)17(20)15(16)11-18-10-12-6-2-1-3-7-12/h1-9,11,19H,10H2. The Kier molecular flexibility index (Phi) is 3.17. The number of carbonyl (C=O) groups is 1. The van der Waals surface area contributed by atoms with Crippen molar-refractivity contribution >= 4 is 17.8 Å². The number of hydrogen-bond donors (Lipinski definition) is 1. The van der Waals surface area contributed by atoms with E-state index in [0.717, 1.165) is 5.56 Å². The summed E-state index contributed by atoms with van der Waals surface area (Å²) < 4.78 is 0. The Morgan fingerprint density at radius 2 is 1.60 bits per heavy atom. The lowest BCUT2D eigenvalue weighted by atomic mass is 10.1. The van der Waals surface area contributed by atoms with E-state index in [9.17, 15) is 9.90 Å². The average molecular weight is 263 g/mol. The molecule has 0 amide bonds. The van der Waals surface area contributed by atoms with Gasteiger partial charge in [-0.05, 0) is 5.56 Å². The first kappa shape index (κ1) is 12.4. The summed E-state index contributed by atoms with van der Waals surface area (Å²) in [5.41, 5.74) is 2.44. The van der Waals surface area contributed by atoms with Gasteiger partial charge in [-0.25, -0.2) is 0 Å². The molecule has 0 saturated heterocycles. The molecule has 20 heavy (non-hydrogen) atoms. The minimum absolute atomic E-state index is 0.0161. The van der Waals surface area contributed by atoms with E-state index in [4.69, 9.17) is 0 Å². The van der Waals surface area contributed by atoms with Crippen LogP contribution < -0.4 is 0 Å². The second-order valence-corrected chi connectivity index (χ2v) is 4.59. The summed E-state index contributed by atoms with van der Waals surface area (Å²) in [5.74, 6) is -0.155. The maximum atomic E-state index is 12.1. The van der Waals surface area contributed by atoms with Crippen LogP contribution in [0, 0.1) is 0 Å². The largest absolute Gasteiger partial charge is 0.506 e. The number of Topliss-reactive ketones (excluding diaryl/α,β-unsaturated/α-hetero) is 1. The van der Waals surface area contributed by atoms with Crippen molar-refractivity contribution in [2.75, 3.05) is 0 Å². The molecule has 0 fully saturated rings. The third-order valence-corrected chi connectivity index (χ3v) is 3.26. The van der Waals surface area contributed by atoms with E-state index >= 15 is 0 Å². The number of ketones is 1. The smallest absolute Gasteiger partial charge is 0.199 e. The normalized spacial score (nSPS) is 14.1. The molecule has 1 N–H and O–H groups in total. The van der Waals surface area contributed by atoms with Gasteiger partial charge in [0.25, 0.3) is 0 Å². The highest BCUT2D eigenvalue weighted by atomic mass is 16.3. The van der Waals surface area contributed by atoms with Gasteiger partial charge in [0.1, 0.15) is 5.76 Å². The van der Waals surface area contributed by atoms with Gasteiger partial charge in [0.15, 0.2) is 5.78 Å². The molecule has 2 aromatic rings. The number of hydrogen-bond acceptors (Lipinski definition) is 3. The zero-order valence-corrected chi connectivity index (χ0v) is 10.8. The molecule has 0 radical (unpaired) electrons. The number of aliphatic hydroxyl groups is 1. The molecule has 2 aromatic carbocycles. The number of allylic oxidation sites excluding steroid dienone is 1. The SMILES string of the molecule is O=C1C(C=NCc2ccccc2)=C(O)c2ccccc21. The number of rotatable bonds is 3. The Morgan fingerprint density at radius 3 is 2.30 bits per heavy atom. The van der Waals surface area contributed by atoms with Crippen LogP contribution in [0.15, 0.2) is 65.2 Å². The van der Waals surface area contributed by atoms with Crippen molar-refractivity contribution < 1.29 is 9.90 Å². The Balaban J connectivity index is 1.82. The van der Waals surface area contributed by atoms with Gasteiger partial charge >= 0.3 is 0 Å². The van der Waals surface area contributed by atoms with Gasteiger partial charge < -0.3 is 5.11 Å². The number of benzene rings is 2. The van der Waals surface area contributed by atoms with Crippen LogP contribution in [0.1, 0.15) is 21.5 Å². The van der Waals surface area contributed by atoms with E-state index in [1.807, 2.05) is 30.3 Å². The Hall–Kier alpha value is -2.68. The van der Waals surface area contributed by atoms with E-state index in [1.54, 1.807) is 24.3 Å². The van der Waals surface area contributed by atoms with Crippen molar-refractivity contribution in [2.45, 2.75) is 6.54 Å². The fraction of sp³-hybridized carbons (Fsp3) is 0.0588. The fourth-order valence-electron chi connectivity index (χ4n) is 2.23. The van der Waals surface area contributed by atoms with Crippen molar-refractivity contribution in [3.05, 3.63) is 76.9 Å². The van der Waals surface area contributed by atoms with Crippen LogP contribution >= 0.6 is 0 Å². The van der Waals surface area contributed by atoms with Gasteiger partial charge in [-0.15, -0.1) is 0 Å². The van der Waals surface area contributed by atoms with Gasteiger partial charge in [-0.1, -0.05) is 54.6 Å². The summed E-state index contributed by atoms with van der Waals surface area (Å²) in [4.78, 5) is 16.4. The van der Waals surface area contributed by atoms with Gasteiger partial charge in [-0.2, -0.15) is 0 Å². The average Bonchev–Trinajstić information content (AvgIpc) is 2.74. The summed E-state index contributed by atoms with van der Waals surface area (Å²) in [6.07, 6.45) is 1.46. The Bertz CT molecular complexity index is 715. The van der Waals surface area contributed by atoms with Gasteiger partial charge in [0.05, 0.1) is 12.1 Å². The monoisotopic (exact) mass is 263 g/mol. The first-order chi connectivity index (χ1) is 9.77. The van der Waals surface area contributed by atoms with E-state index in [2.05, 4.69) is 4.99 Å². The molecule has 98 valence electrons. The molecule has 0 bridgehead atoms. The summed E-state index contributed by atoms with van der Waals surface area (Å²) in [6, 6.07) is 16.8. The molecule has 0 heterocycles. The maximum absolute atomic E-state index is 12.1. The van der Waals surface area contributed by atoms with Crippen molar-refractivity contribution in [3.8, 4) is 0 Å². The topological polar surface area (TPSA) is 49.7 Å². The molecule has 0 aliphatic heterocycles. The third kappa shape index (κ3) is 2.14. The minimum atomic E-state index is -0.171. The van der Waals surface area contributed by atoms with E-state index in [0.29, 0.717) is 17.7 Å². The molecular formula is C17H13NO2. The molecular weight excluding hydrogens is 250 g/mol. The number of fused-ring (bicyclic) bond motifs is 1. The molecule has 0 spiro atoms. The molecule has 3 rings (SSSR count). The Morgan fingerprint density at radius 1 is 0.950 bits per heavy atom. The zero-order valence-electron chi connectivity index (χ0n) is 10.8. The van der Waals surface area contributed by atoms with Crippen LogP contribution in [-0.2, 0) is 6.54 Å². The van der Waals surface area contributed by atoms with Crippen LogP contribution in [0.2, 0.25) is 0 Å². The summed E-state index contributed by atoms with van der Waals surface area (Å²) in [7, 11) is 0. The van der Waals surface area contributed by atoms with Crippen molar-refractivity contribution in [1.82, 2.24) is 0 Å². The highest BCUT2D eigenvalue weighted by molar-refractivity contribution is 6.30. The van der Waals surface area contributed by atoms with Crippen LogP contribution in [0.4, 0.5) is 0 Å². The highest BCUT2D eigenvalue weighted by Gasteiger charge is 2.27. The van der Waals surface area contributed by atoms with E-state index < -0.39 is 0 Å². The summed E-state index contributed by atoms with van der Waals surface area (Å²) in [5, 5.41) is 10.1. The minimum Gasteiger partial charge on any atom is -0.506 e. The van der Waals surface area contributed by atoms with Gasteiger partial charge in [0, 0.05) is 17.3 Å². The number of aliphatic imine (C=N–C) groups is 1. The lowest BCUT2D eigenvalue weighted by molar-refractivity contribution is 0.104. The molecule has 3 nitrogen and oxygen atoms in total. The summed E-state index contributed by atoms with van der Waals surface area (Å²) in [6.45, 7) is 0.487. The molecule has 0 unspecified atom stereocenters. The van der Waals surface area contributed by atoms with E-state index in [-0.39, 0.29) is 17.1 Å². The van der Waals surface area contributed by atoms with Gasteiger partial charge in [-0.3, -0.25) is 9.79 Å². The number of carbonyl (C=O) groups excluding carboxylic acids is 1. The van der Waals surface area contributed by atoms with Crippen LogP contribution in [0.3, 0.4) is 0 Å². The summed E-state index contributed by atoms with van der Waals surface area (Å²) >= 11 is 0. The zero-order chi connectivity index (χ0) is 13.9. The van der Waals surface area contributed by atoms with Crippen molar-refractivity contribution in [1.29, 1.82) is 0 Å². The molecule has 1 aliphatic rings. The van der Waals surface area contributed by atoms with Crippen LogP contribution in [0.5, 0.6) is 0 Å². The third-order valence-electron chi connectivity index (χ3n) is 3.26. The van der Waals surface area contributed by atoms with Crippen molar-refractivity contribution in [2.24, 2.45) is 4.99 Å². The quantitative estimate of drug-likeness (QED) is 0.862. The maximum Gasteiger partial charge on any atom is 0.199 e. The van der Waals surface area contributed by atoms with E-state index in [1.165, 1.54) is 6.21 Å². The van der Waals surface area contributed by atoms with Crippen LogP contribution in [0.25, 0.3) is 5.76 Å². The number of nitrogens with zero attached hydrogens (tertiary/aromatic N) is 1. The second kappa shape index (κ2) is 5.13. The lowest BCUT2D eigenvalue weighted by Gasteiger charge is -1.96. The molecule has 3 heteroatoms. The molecule has 0 atom stereocenters. The lowest BCUT2D eigenvalue weighted by Crippen LogP contribution is -2.00. The predicted octanol–water partition coefficient (Wildman–Crippen LogP) is 3.42. The molecule has 0 aromatic heterocycles. The Labute approximate surface area is 116 Å². The van der Waals surface area contributed by atoms with Crippen molar-refractivity contribution in [3.63, 3.8) is 0 Å². The molecule has 0 saturated carbocycles. The molecule has 1 aliphatic carbocycles. The number of aliphatic hydroxyl groups excluding tert-OH is 1. The van der Waals surface area contributed by atoms with Gasteiger partial charge in [0.2, 0.25) is 0 Å². The first-order valence-electron chi connectivity index (χ1n) is 6.38. The first-order valence-corrected chi connectivity index (χ1v) is 6.38.